The molecule has 1 N–H and O–H groups in total. The molecule has 1 aromatic carbocycles. The van der Waals surface area contributed by atoms with Gasteiger partial charge in [-0.2, -0.15) is 8.42 Å². The van der Waals surface area contributed by atoms with Gasteiger partial charge in [-0.3, -0.25) is 4.55 Å². The zero-order valence-electron chi connectivity index (χ0n) is 8.83. The van der Waals surface area contributed by atoms with Crippen molar-refractivity contribution in [2.24, 2.45) is 0 Å². The van der Waals surface area contributed by atoms with E-state index in [9.17, 15) is 8.42 Å². The Morgan fingerprint density at radius 2 is 1.94 bits per heavy atom. The molecule has 1 rings (SSSR count). The highest BCUT2D eigenvalue weighted by molar-refractivity contribution is 7.85. The van der Waals surface area contributed by atoms with Gasteiger partial charge in [0.25, 0.3) is 10.1 Å². The first-order valence-corrected chi connectivity index (χ1v) is 6.31. The molecule has 0 aliphatic rings. The van der Waals surface area contributed by atoms with Crippen LogP contribution in [0.5, 0.6) is 0 Å². The van der Waals surface area contributed by atoms with Crippen molar-refractivity contribution in [1.29, 1.82) is 0 Å². The molecule has 1 aromatic rings. The van der Waals surface area contributed by atoms with E-state index in [4.69, 9.17) is 4.55 Å². The monoisotopic (exact) mass is 238 g/mol. The maximum atomic E-state index is 11.1. The molecule has 0 saturated heterocycles. The maximum Gasteiger partial charge on any atom is 0.294 e. The van der Waals surface area contributed by atoms with Crippen molar-refractivity contribution < 1.29 is 13.0 Å². The first-order chi connectivity index (χ1) is 7.55. The molecular formula is C12H14O3S. The highest BCUT2D eigenvalue weighted by atomic mass is 32.2. The van der Waals surface area contributed by atoms with Crippen molar-refractivity contribution in [2.45, 2.75) is 17.7 Å². The van der Waals surface area contributed by atoms with E-state index in [1.165, 1.54) is 6.07 Å². The van der Waals surface area contributed by atoms with Crippen molar-refractivity contribution in [3.63, 3.8) is 0 Å². The van der Waals surface area contributed by atoms with Gasteiger partial charge in [0.2, 0.25) is 0 Å². The van der Waals surface area contributed by atoms with Gasteiger partial charge >= 0.3 is 0 Å². The van der Waals surface area contributed by atoms with Gasteiger partial charge in [0.15, 0.2) is 0 Å². The summed E-state index contributed by atoms with van der Waals surface area (Å²) in [5.41, 5.74) is 0.588. The Morgan fingerprint density at radius 1 is 1.25 bits per heavy atom. The van der Waals surface area contributed by atoms with Gasteiger partial charge in [0.1, 0.15) is 0 Å². The van der Waals surface area contributed by atoms with Crippen molar-refractivity contribution in [1.82, 2.24) is 0 Å². The number of rotatable bonds is 5. The maximum absolute atomic E-state index is 11.1. The topological polar surface area (TPSA) is 54.4 Å². The predicted octanol–water partition coefficient (Wildman–Crippen LogP) is 2.61. The van der Waals surface area contributed by atoms with Gasteiger partial charge < -0.3 is 0 Å². The molecule has 0 atom stereocenters. The van der Waals surface area contributed by atoms with Gasteiger partial charge in [-0.1, -0.05) is 36.4 Å². The second kappa shape index (κ2) is 5.63. The number of benzene rings is 1. The van der Waals surface area contributed by atoms with Crippen LogP contribution in [-0.4, -0.2) is 13.0 Å². The number of allylic oxidation sites excluding steroid dienone is 3. The van der Waals surface area contributed by atoms with Crippen molar-refractivity contribution in [3.8, 4) is 0 Å². The molecule has 0 aliphatic carbocycles. The summed E-state index contributed by atoms with van der Waals surface area (Å²) < 4.78 is 31.1. The van der Waals surface area contributed by atoms with Crippen LogP contribution in [0.1, 0.15) is 12.0 Å². The lowest BCUT2D eigenvalue weighted by molar-refractivity contribution is 0.482. The van der Waals surface area contributed by atoms with Gasteiger partial charge in [-0.05, 0) is 24.5 Å². The highest BCUT2D eigenvalue weighted by Crippen LogP contribution is 2.15. The van der Waals surface area contributed by atoms with Crippen LogP contribution in [-0.2, 0) is 16.5 Å². The Labute approximate surface area is 95.9 Å². The molecule has 0 radical (unpaired) electrons. The molecule has 0 unspecified atom stereocenters. The van der Waals surface area contributed by atoms with Crippen LogP contribution in [0.15, 0.2) is 54.0 Å². The van der Waals surface area contributed by atoms with E-state index >= 15 is 0 Å². The molecule has 0 saturated carbocycles. The normalized spacial score (nSPS) is 11.8. The van der Waals surface area contributed by atoms with Gasteiger partial charge in [-0.15, -0.1) is 6.58 Å². The van der Waals surface area contributed by atoms with E-state index in [1.807, 2.05) is 12.2 Å². The molecule has 3 nitrogen and oxygen atoms in total. The van der Waals surface area contributed by atoms with Crippen LogP contribution in [0.3, 0.4) is 0 Å². The smallest absolute Gasteiger partial charge is 0.282 e. The lowest BCUT2D eigenvalue weighted by Crippen LogP contribution is -2.02. The zero-order chi connectivity index (χ0) is 12.0. The summed E-state index contributed by atoms with van der Waals surface area (Å²) in [6.45, 7) is 3.57. The van der Waals surface area contributed by atoms with Crippen LogP contribution in [0.4, 0.5) is 0 Å². The summed E-state index contributed by atoms with van der Waals surface area (Å²) in [5.74, 6) is 0. The molecule has 0 fully saturated rings. The predicted molar refractivity (Wildman–Crippen MR) is 63.9 cm³/mol. The van der Waals surface area contributed by atoms with Gasteiger partial charge in [0, 0.05) is 0 Å². The minimum Gasteiger partial charge on any atom is -0.282 e. The Morgan fingerprint density at radius 3 is 2.56 bits per heavy atom. The van der Waals surface area contributed by atoms with Crippen molar-refractivity contribution >= 4 is 10.1 Å². The van der Waals surface area contributed by atoms with Crippen LogP contribution >= 0.6 is 0 Å². The summed E-state index contributed by atoms with van der Waals surface area (Å²) in [4.78, 5) is -0.0294. The van der Waals surface area contributed by atoms with Crippen LogP contribution in [0, 0.1) is 0 Å². The third-order valence-electron chi connectivity index (χ3n) is 2.06. The van der Waals surface area contributed by atoms with E-state index in [0.717, 1.165) is 6.42 Å². The summed E-state index contributed by atoms with van der Waals surface area (Å²) in [5, 5.41) is 0. The first-order valence-electron chi connectivity index (χ1n) is 4.87. The fourth-order valence-corrected chi connectivity index (χ4v) is 2.06. The summed E-state index contributed by atoms with van der Waals surface area (Å²) in [6, 6.07) is 6.40. The molecule has 0 spiro atoms. The quantitative estimate of drug-likeness (QED) is 0.633. The van der Waals surface area contributed by atoms with Gasteiger partial charge in [0.05, 0.1) is 4.90 Å². The third-order valence-corrected chi connectivity index (χ3v) is 3.01. The summed E-state index contributed by atoms with van der Waals surface area (Å²) in [7, 11) is -4.13. The Hall–Kier alpha value is -1.39. The number of hydrogen-bond donors (Lipinski definition) is 1. The average Bonchev–Trinajstić information content (AvgIpc) is 2.24. The Balaban J connectivity index is 2.92. The van der Waals surface area contributed by atoms with E-state index in [1.54, 1.807) is 24.3 Å². The molecule has 0 amide bonds. The van der Waals surface area contributed by atoms with E-state index in [-0.39, 0.29) is 4.90 Å². The third kappa shape index (κ3) is 3.64. The minimum atomic E-state index is -4.13. The lowest BCUT2D eigenvalue weighted by atomic mass is 10.1. The second-order valence-corrected chi connectivity index (χ2v) is 4.67. The molecule has 0 aromatic heterocycles. The first kappa shape index (κ1) is 12.7. The van der Waals surface area contributed by atoms with Crippen LogP contribution in [0.25, 0.3) is 0 Å². The average molecular weight is 238 g/mol. The molecule has 4 heteroatoms. The highest BCUT2D eigenvalue weighted by Gasteiger charge is 2.12. The standard InChI is InChI=1S/C12H14O3S/c1-2-3-4-5-8-11-9-6-7-10-12(11)16(13,14)15/h2,4-7,9-10H,1,3,8H2,(H,13,14,15). The van der Waals surface area contributed by atoms with Crippen LogP contribution in [0.2, 0.25) is 0 Å². The largest absolute Gasteiger partial charge is 0.294 e. The fraction of sp³-hybridized carbons (Fsp3) is 0.167. The number of hydrogen-bond acceptors (Lipinski definition) is 2. The summed E-state index contributed by atoms with van der Waals surface area (Å²) in [6.07, 6.45) is 6.72. The molecule has 0 heterocycles. The van der Waals surface area contributed by atoms with Crippen molar-refractivity contribution in [3.05, 3.63) is 54.6 Å². The molecule has 86 valence electrons. The van der Waals surface area contributed by atoms with E-state index < -0.39 is 10.1 Å². The van der Waals surface area contributed by atoms with Crippen LogP contribution < -0.4 is 0 Å². The lowest BCUT2D eigenvalue weighted by Gasteiger charge is -2.03. The second-order valence-electron chi connectivity index (χ2n) is 3.28. The zero-order valence-corrected chi connectivity index (χ0v) is 9.65. The van der Waals surface area contributed by atoms with E-state index in [0.29, 0.717) is 12.0 Å². The Kier molecular flexibility index (Phi) is 4.46. The molecule has 16 heavy (non-hydrogen) atoms. The molecular weight excluding hydrogens is 224 g/mol. The fourth-order valence-electron chi connectivity index (χ4n) is 1.33. The van der Waals surface area contributed by atoms with Gasteiger partial charge in [-0.25, -0.2) is 0 Å². The Bertz CT molecular complexity index is 487. The SMILES string of the molecule is C=CCC=CCc1ccccc1S(=O)(=O)O. The minimum absolute atomic E-state index is 0.0294. The van der Waals surface area contributed by atoms with E-state index in [2.05, 4.69) is 6.58 Å². The van der Waals surface area contributed by atoms with Crippen molar-refractivity contribution in [2.75, 3.05) is 0 Å². The molecule has 0 bridgehead atoms. The molecule has 0 aliphatic heterocycles. The summed E-state index contributed by atoms with van der Waals surface area (Å²) >= 11 is 0.